The zero-order valence-electron chi connectivity index (χ0n) is 18.7. The quantitative estimate of drug-likeness (QED) is 0.306. The molecule has 176 valence electrons. The number of aliphatic hydroxyl groups is 1. The van der Waals surface area contributed by atoms with Crippen LogP contribution in [0.4, 0.5) is 23.2 Å². The molecule has 0 aliphatic rings. The Hall–Kier alpha value is -3.00. The molecule has 0 saturated heterocycles. The van der Waals surface area contributed by atoms with Gasteiger partial charge in [-0.05, 0) is 61.1 Å². The van der Waals surface area contributed by atoms with Crippen molar-refractivity contribution in [3.8, 4) is 5.75 Å². The number of nitrogens with zero attached hydrogens (tertiary/aromatic N) is 2. The summed E-state index contributed by atoms with van der Waals surface area (Å²) in [6, 6.07) is 10.9. The molecule has 33 heavy (non-hydrogen) atoms. The van der Waals surface area contributed by atoms with Gasteiger partial charge in [0.05, 0.1) is 18.3 Å². The Morgan fingerprint density at radius 2 is 1.88 bits per heavy atom. The van der Waals surface area contributed by atoms with E-state index in [-0.39, 0.29) is 17.9 Å². The predicted octanol–water partition coefficient (Wildman–Crippen LogP) is 6.52. The highest BCUT2D eigenvalue weighted by Crippen LogP contribution is 2.42. The summed E-state index contributed by atoms with van der Waals surface area (Å²) in [5.74, 6) is -1.02. The van der Waals surface area contributed by atoms with Crippen LogP contribution < -0.4 is 4.74 Å². The fraction of sp³-hybridized carbons (Fsp3) is 0.360. The summed E-state index contributed by atoms with van der Waals surface area (Å²) in [6.07, 6.45) is -2.95. The number of alkyl halides is 3. The molecule has 0 spiro atoms. The van der Waals surface area contributed by atoms with E-state index >= 15 is 0 Å². The highest BCUT2D eigenvalue weighted by Gasteiger charge is 2.53. The standard InChI is InChI=1S/C25H26F4N2O2/c1-4-16(18-11-12-20(26)17(5-2)23(18)33-3)14-24(32,25(27,28)29)15-31-22-10-6-9-21-19(22)8-7-13-30-21/h6-13,15-16,32H,4-5,14H2,1-3H3/t16?,24-/m1/s1. The van der Waals surface area contributed by atoms with Gasteiger partial charge in [0.25, 0.3) is 0 Å². The van der Waals surface area contributed by atoms with Gasteiger partial charge in [0.15, 0.2) is 5.60 Å². The van der Waals surface area contributed by atoms with Crippen LogP contribution in [-0.4, -0.2) is 35.2 Å². The molecule has 1 unspecified atom stereocenters. The van der Waals surface area contributed by atoms with Crippen molar-refractivity contribution < 1.29 is 27.4 Å². The fourth-order valence-electron chi connectivity index (χ4n) is 3.98. The number of rotatable bonds is 8. The van der Waals surface area contributed by atoms with Crippen molar-refractivity contribution in [2.45, 2.75) is 50.8 Å². The zero-order chi connectivity index (χ0) is 24.2. The lowest BCUT2D eigenvalue weighted by Crippen LogP contribution is -2.47. The highest BCUT2D eigenvalue weighted by atomic mass is 19.4. The molecule has 0 bridgehead atoms. The Kier molecular flexibility index (Phi) is 7.37. The second-order valence-electron chi connectivity index (χ2n) is 7.84. The van der Waals surface area contributed by atoms with Crippen molar-refractivity contribution in [2.24, 2.45) is 4.99 Å². The van der Waals surface area contributed by atoms with Crippen LogP contribution in [0.15, 0.2) is 53.7 Å². The lowest BCUT2D eigenvalue weighted by Gasteiger charge is -2.31. The number of aromatic nitrogens is 1. The lowest BCUT2D eigenvalue weighted by atomic mass is 9.83. The molecule has 0 amide bonds. The molecule has 0 saturated carbocycles. The molecule has 3 rings (SSSR count). The minimum Gasteiger partial charge on any atom is -0.496 e. The van der Waals surface area contributed by atoms with Crippen LogP contribution in [-0.2, 0) is 6.42 Å². The Balaban J connectivity index is 2.03. The van der Waals surface area contributed by atoms with Gasteiger partial charge in [-0.15, -0.1) is 0 Å². The van der Waals surface area contributed by atoms with Crippen molar-refractivity contribution in [1.29, 1.82) is 0 Å². The van der Waals surface area contributed by atoms with Crippen LogP contribution in [0.1, 0.15) is 43.7 Å². The van der Waals surface area contributed by atoms with E-state index < -0.39 is 29.9 Å². The number of hydrogen-bond donors (Lipinski definition) is 1. The molecular weight excluding hydrogens is 436 g/mol. The van der Waals surface area contributed by atoms with Gasteiger partial charge in [0.2, 0.25) is 0 Å². The van der Waals surface area contributed by atoms with E-state index in [9.17, 15) is 22.7 Å². The van der Waals surface area contributed by atoms with E-state index in [1.807, 2.05) is 0 Å². The van der Waals surface area contributed by atoms with Gasteiger partial charge in [-0.2, -0.15) is 13.2 Å². The van der Waals surface area contributed by atoms with Crippen LogP contribution in [0.2, 0.25) is 0 Å². The number of pyridine rings is 1. The average Bonchev–Trinajstić information content (AvgIpc) is 2.80. The Labute approximate surface area is 190 Å². The SMILES string of the molecule is CCc1c(F)ccc(C(CC)C[C@@](O)(C=Nc2cccc3ncccc23)C(F)(F)F)c1OC. The summed E-state index contributed by atoms with van der Waals surface area (Å²) in [4.78, 5) is 8.19. The van der Waals surface area contributed by atoms with Crippen molar-refractivity contribution >= 4 is 22.8 Å². The van der Waals surface area contributed by atoms with Gasteiger partial charge in [0.1, 0.15) is 11.6 Å². The number of halogens is 4. The Morgan fingerprint density at radius 3 is 2.52 bits per heavy atom. The molecule has 1 heterocycles. The van der Waals surface area contributed by atoms with E-state index in [0.29, 0.717) is 34.7 Å². The van der Waals surface area contributed by atoms with Gasteiger partial charge in [-0.25, -0.2) is 4.39 Å². The molecular formula is C25H26F4N2O2. The lowest BCUT2D eigenvalue weighted by molar-refractivity contribution is -0.232. The molecule has 1 N–H and O–H groups in total. The summed E-state index contributed by atoms with van der Waals surface area (Å²) in [6.45, 7) is 3.45. The van der Waals surface area contributed by atoms with Gasteiger partial charge in [-0.3, -0.25) is 9.98 Å². The molecule has 0 fully saturated rings. The van der Waals surface area contributed by atoms with Crippen molar-refractivity contribution in [3.05, 3.63) is 65.6 Å². The Morgan fingerprint density at radius 1 is 1.12 bits per heavy atom. The normalized spacial score (nSPS) is 15.0. The average molecular weight is 462 g/mol. The van der Waals surface area contributed by atoms with Gasteiger partial charge < -0.3 is 9.84 Å². The summed E-state index contributed by atoms with van der Waals surface area (Å²) >= 11 is 0. The molecule has 2 aromatic carbocycles. The zero-order valence-corrected chi connectivity index (χ0v) is 18.7. The maximum absolute atomic E-state index is 14.2. The van der Waals surface area contributed by atoms with E-state index in [4.69, 9.17) is 4.74 Å². The van der Waals surface area contributed by atoms with E-state index in [1.54, 1.807) is 50.4 Å². The van der Waals surface area contributed by atoms with Crippen molar-refractivity contribution in [1.82, 2.24) is 4.98 Å². The number of ether oxygens (including phenoxy) is 1. The maximum Gasteiger partial charge on any atom is 0.422 e. The third-order valence-electron chi connectivity index (χ3n) is 5.81. The van der Waals surface area contributed by atoms with E-state index in [1.165, 1.54) is 19.2 Å². The largest absolute Gasteiger partial charge is 0.496 e. The Bertz CT molecular complexity index is 1140. The first-order valence-corrected chi connectivity index (χ1v) is 10.7. The first-order valence-electron chi connectivity index (χ1n) is 10.7. The summed E-state index contributed by atoms with van der Waals surface area (Å²) in [7, 11) is 1.36. The molecule has 0 aliphatic heterocycles. The second-order valence-corrected chi connectivity index (χ2v) is 7.84. The van der Waals surface area contributed by atoms with E-state index in [2.05, 4.69) is 9.98 Å². The van der Waals surface area contributed by atoms with E-state index in [0.717, 1.165) is 0 Å². The van der Waals surface area contributed by atoms with Crippen LogP contribution >= 0.6 is 0 Å². The second kappa shape index (κ2) is 9.87. The number of hydrogen-bond acceptors (Lipinski definition) is 4. The number of aliphatic imine (C=N–C) groups is 1. The van der Waals surface area contributed by atoms with Crippen molar-refractivity contribution in [3.63, 3.8) is 0 Å². The number of methoxy groups -OCH3 is 1. The number of benzene rings is 2. The topological polar surface area (TPSA) is 54.7 Å². The molecule has 0 radical (unpaired) electrons. The first-order chi connectivity index (χ1) is 15.6. The fourth-order valence-corrected chi connectivity index (χ4v) is 3.98. The molecule has 1 aromatic heterocycles. The maximum atomic E-state index is 14.2. The third-order valence-corrected chi connectivity index (χ3v) is 5.81. The number of fused-ring (bicyclic) bond motifs is 1. The third kappa shape index (κ3) is 5.00. The minimum absolute atomic E-state index is 0.214. The van der Waals surface area contributed by atoms with Crippen molar-refractivity contribution in [2.75, 3.05) is 7.11 Å². The summed E-state index contributed by atoms with van der Waals surface area (Å²) in [5.41, 5.74) is -1.64. The summed E-state index contributed by atoms with van der Waals surface area (Å²) < 4.78 is 61.8. The van der Waals surface area contributed by atoms with Gasteiger partial charge in [-0.1, -0.05) is 26.0 Å². The molecule has 4 nitrogen and oxygen atoms in total. The van der Waals surface area contributed by atoms with Gasteiger partial charge >= 0.3 is 6.18 Å². The molecule has 2 atom stereocenters. The molecule has 8 heteroatoms. The van der Waals surface area contributed by atoms with Crippen LogP contribution in [0.25, 0.3) is 10.9 Å². The molecule has 0 aliphatic carbocycles. The minimum atomic E-state index is -4.98. The smallest absolute Gasteiger partial charge is 0.422 e. The monoisotopic (exact) mass is 462 g/mol. The first kappa shape index (κ1) is 24.6. The van der Waals surface area contributed by atoms with Crippen LogP contribution in [0.5, 0.6) is 5.75 Å². The summed E-state index contributed by atoms with van der Waals surface area (Å²) in [5, 5.41) is 11.4. The van der Waals surface area contributed by atoms with Crippen LogP contribution in [0.3, 0.4) is 0 Å². The highest BCUT2D eigenvalue weighted by molar-refractivity contribution is 5.91. The van der Waals surface area contributed by atoms with Crippen LogP contribution in [0, 0.1) is 5.82 Å². The van der Waals surface area contributed by atoms with Gasteiger partial charge in [0, 0.05) is 23.4 Å². The predicted molar refractivity (Wildman–Crippen MR) is 121 cm³/mol. The molecule has 3 aromatic rings.